The van der Waals surface area contributed by atoms with E-state index in [9.17, 15) is 10.2 Å². The van der Waals surface area contributed by atoms with E-state index < -0.39 is 24.5 Å². The smallest absolute Gasteiger partial charge is 0.167 e. The normalized spacial score (nSPS) is 27.8. The molecule has 2 aromatic heterocycles. The van der Waals surface area contributed by atoms with E-state index in [1.807, 2.05) is 0 Å². The number of imidazole rings is 1. The Bertz CT molecular complexity index is 665. The lowest BCUT2D eigenvalue weighted by Gasteiger charge is -2.21. The Morgan fingerprint density at radius 1 is 1.35 bits per heavy atom. The van der Waals surface area contributed by atoms with Gasteiger partial charge in [-0.25, -0.2) is 15.0 Å². The Hall–Kier alpha value is -1.85. The van der Waals surface area contributed by atoms with Crippen LogP contribution in [-0.4, -0.2) is 75.0 Å². The SMILES string of the molecule is COCCO[C@@H]1[C@H](O)[C@@H](CO)O[C@H]1n1cnc2c(N)ncnc21. The van der Waals surface area contributed by atoms with Gasteiger partial charge in [-0.05, 0) is 0 Å². The highest BCUT2D eigenvalue weighted by molar-refractivity contribution is 5.81. The molecule has 23 heavy (non-hydrogen) atoms. The molecular weight excluding hydrogens is 306 g/mol. The summed E-state index contributed by atoms with van der Waals surface area (Å²) in [7, 11) is 1.56. The van der Waals surface area contributed by atoms with Gasteiger partial charge in [0.15, 0.2) is 17.7 Å². The number of hydrogen-bond donors (Lipinski definition) is 3. The van der Waals surface area contributed by atoms with E-state index in [0.717, 1.165) is 0 Å². The first-order chi connectivity index (χ1) is 11.2. The lowest BCUT2D eigenvalue weighted by atomic mass is 10.1. The third kappa shape index (κ3) is 2.86. The number of anilines is 1. The van der Waals surface area contributed by atoms with Crippen molar-refractivity contribution in [3.05, 3.63) is 12.7 Å². The van der Waals surface area contributed by atoms with Crippen LogP contribution in [0.25, 0.3) is 11.2 Å². The molecule has 0 unspecified atom stereocenters. The average Bonchev–Trinajstić information content (AvgIpc) is 3.10. The molecule has 0 saturated carbocycles. The van der Waals surface area contributed by atoms with Gasteiger partial charge >= 0.3 is 0 Å². The number of aromatic nitrogens is 4. The Morgan fingerprint density at radius 2 is 2.17 bits per heavy atom. The number of nitrogen functional groups attached to an aromatic ring is 1. The fraction of sp³-hybridized carbons (Fsp3) is 0.615. The van der Waals surface area contributed by atoms with Gasteiger partial charge in [0.25, 0.3) is 0 Å². The van der Waals surface area contributed by atoms with Crippen LogP contribution < -0.4 is 5.73 Å². The van der Waals surface area contributed by atoms with Gasteiger partial charge in [0.2, 0.25) is 0 Å². The number of aliphatic hydroxyl groups excluding tert-OH is 2. The summed E-state index contributed by atoms with van der Waals surface area (Å²) >= 11 is 0. The van der Waals surface area contributed by atoms with E-state index in [4.69, 9.17) is 19.9 Å². The molecule has 4 atom stereocenters. The molecule has 2 aromatic rings. The van der Waals surface area contributed by atoms with Crippen molar-refractivity contribution in [1.29, 1.82) is 0 Å². The van der Waals surface area contributed by atoms with Crippen molar-refractivity contribution in [3.8, 4) is 0 Å². The topological polar surface area (TPSA) is 138 Å². The summed E-state index contributed by atoms with van der Waals surface area (Å²) in [6.07, 6.45) is -0.317. The average molecular weight is 325 g/mol. The highest BCUT2D eigenvalue weighted by atomic mass is 16.6. The third-order valence-corrected chi connectivity index (χ3v) is 3.75. The Morgan fingerprint density at radius 3 is 2.91 bits per heavy atom. The summed E-state index contributed by atoms with van der Waals surface area (Å²) in [5, 5.41) is 19.7. The van der Waals surface area contributed by atoms with Crippen molar-refractivity contribution in [3.63, 3.8) is 0 Å². The van der Waals surface area contributed by atoms with E-state index in [-0.39, 0.29) is 19.0 Å². The fourth-order valence-electron chi connectivity index (χ4n) is 2.60. The van der Waals surface area contributed by atoms with Crippen LogP contribution in [0.2, 0.25) is 0 Å². The van der Waals surface area contributed by atoms with Gasteiger partial charge < -0.3 is 30.2 Å². The molecule has 0 spiro atoms. The number of nitrogens with two attached hydrogens (primary N) is 1. The highest BCUT2D eigenvalue weighted by Crippen LogP contribution is 2.33. The maximum atomic E-state index is 10.3. The third-order valence-electron chi connectivity index (χ3n) is 3.75. The summed E-state index contributed by atoms with van der Waals surface area (Å²) in [6, 6.07) is 0. The van der Waals surface area contributed by atoms with Gasteiger partial charge in [-0.3, -0.25) is 4.57 Å². The molecule has 0 aliphatic carbocycles. The summed E-state index contributed by atoms with van der Waals surface area (Å²) in [4.78, 5) is 12.2. The van der Waals surface area contributed by atoms with Crippen LogP contribution in [0.3, 0.4) is 0 Å². The van der Waals surface area contributed by atoms with Crippen molar-refractivity contribution >= 4 is 17.0 Å². The van der Waals surface area contributed by atoms with E-state index in [1.165, 1.54) is 12.7 Å². The molecule has 10 nitrogen and oxygen atoms in total. The minimum atomic E-state index is -0.988. The van der Waals surface area contributed by atoms with Crippen LogP contribution in [0.4, 0.5) is 5.82 Å². The second kappa shape index (κ2) is 6.72. The summed E-state index contributed by atoms with van der Waals surface area (Å²) < 4.78 is 17.9. The number of ether oxygens (including phenoxy) is 3. The molecule has 4 N–H and O–H groups in total. The Kier molecular flexibility index (Phi) is 4.68. The first-order valence-corrected chi connectivity index (χ1v) is 7.15. The van der Waals surface area contributed by atoms with Crippen molar-refractivity contribution in [2.75, 3.05) is 32.7 Å². The molecule has 1 saturated heterocycles. The van der Waals surface area contributed by atoms with E-state index in [1.54, 1.807) is 11.7 Å². The lowest BCUT2D eigenvalue weighted by molar-refractivity contribution is -0.0785. The molecule has 1 aliphatic rings. The maximum absolute atomic E-state index is 10.3. The number of aliphatic hydroxyl groups is 2. The van der Waals surface area contributed by atoms with Gasteiger partial charge in [-0.1, -0.05) is 0 Å². The summed E-state index contributed by atoms with van der Waals surface area (Å²) in [5.74, 6) is 0.253. The van der Waals surface area contributed by atoms with Crippen molar-refractivity contribution in [2.45, 2.75) is 24.5 Å². The minimum absolute atomic E-state index is 0.253. The quantitative estimate of drug-likeness (QED) is 0.553. The molecule has 10 heteroatoms. The van der Waals surface area contributed by atoms with Crippen molar-refractivity contribution < 1.29 is 24.4 Å². The van der Waals surface area contributed by atoms with Crippen LogP contribution in [-0.2, 0) is 14.2 Å². The zero-order chi connectivity index (χ0) is 16.4. The van der Waals surface area contributed by atoms with Crippen LogP contribution in [0, 0.1) is 0 Å². The van der Waals surface area contributed by atoms with Gasteiger partial charge in [-0.15, -0.1) is 0 Å². The number of fused-ring (bicyclic) bond motifs is 1. The second-order valence-electron chi connectivity index (χ2n) is 5.15. The molecular formula is C13H19N5O5. The number of hydrogen-bond acceptors (Lipinski definition) is 9. The number of nitrogens with zero attached hydrogens (tertiary/aromatic N) is 4. The van der Waals surface area contributed by atoms with Crippen LogP contribution in [0.1, 0.15) is 6.23 Å². The largest absolute Gasteiger partial charge is 0.394 e. The zero-order valence-electron chi connectivity index (χ0n) is 12.6. The number of rotatable bonds is 6. The summed E-state index contributed by atoms with van der Waals surface area (Å²) in [6.45, 7) is 0.324. The second-order valence-corrected chi connectivity index (χ2v) is 5.15. The minimum Gasteiger partial charge on any atom is -0.394 e. The Labute approximate surface area is 131 Å². The predicted octanol–water partition coefficient (Wildman–Crippen LogP) is -1.31. The standard InChI is InChI=1S/C13H19N5O5/c1-21-2-3-22-10-9(20)7(4-19)23-13(10)18-6-17-8-11(14)15-5-16-12(8)18/h5-7,9-10,13,19-20H,2-4H2,1H3,(H2,14,15,16)/t7-,9-,10-,13-/m1/s1. The van der Waals surface area contributed by atoms with Gasteiger partial charge in [0.05, 0.1) is 26.1 Å². The molecule has 126 valence electrons. The Balaban J connectivity index is 1.92. The van der Waals surface area contributed by atoms with Crippen LogP contribution in [0.15, 0.2) is 12.7 Å². The van der Waals surface area contributed by atoms with Gasteiger partial charge in [0, 0.05) is 7.11 Å². The predicted molar refractivity (Wildman–Crippen MR) is 78.4 cm³/mol. The van der Waals surface area contributed by atoms with E-state index >= 15 is 0 Å². The first-order valence-electron chi connectivity index (χ1n) is 7.15. The van der Waals surface area contributed by atoms with Crippen molar-refractivity contribution in [2.24, 2.45) is 0 Å². The van der Waals surface area contributed by atoms with E-state index in [2.05, 4.69) is 15.0 Å². The maximum Gasteiger partial charge on any atom is 0.167 e. The molecule has 3 heterocycles. The summed E-state index contributed by atoms with van der Waals surface area (Å²) in [5.41, 5.74) is 6.68. The first kappa shape index (κ1) is 16.0. The van der Waals surface area contributed by atoms with Gasteiger partial charge in [-0.2, -0.15) is 0 Å². The highest BCUT2D eigenvalue weighted by Gasteiger charge is 2.45. The fourth-order valence-corrected chi connectivity index (χ4v) is 2.60. The lowest BCUT2D eigenvalue weighted by Crippen LogP contribution is -2.36. The molecule has 0 amide bonds. The molecule has 0 bridgehead atoms. The van der Waals surface area contributed by atoms with E-state index in [0.29, 0.717) is 17.8 Å². The molecule has 0 radical (unpaired) electrons. The monoisotopic (exact) mass is 325 g/mol. The molecule has 0 aromatic carbocycles. The number of methoxy groups -OCH3 is 1. The van der Waals surface area contributed by atoms with Crippen molar-refractivity contribution in [1.82, 2.24) is 19.5 Å². The molecule has 1 aliphatic heterocycles. The molecule has 3 rings (SSSR count). The van der Waals surface area contributed by atoms with Crippen LogP contribution in [0.5, 0.6) is 0 Å². The zero-order valence-corrected chi connectivity index (χ0v) is 12.6. The van der Waals surface area contributed by atoms with Crippen LogP contribution >= 0.6 is 0 Å². The van der Waals surface area contributed by atoms with Gasteiger partial charge in [0.1, 0.15) is 30.2 Å². The molecule has 1 fully saturated rings.